The molecule has 0 bridgehead atoms. The van der Waals surface area contributed by atoms with Gasteiger partial charge in [0, 0.05) is 52.1 Å². The van der Waals surface area contributed by atoms with Crippen LogP contribution in [0.4, 0.5) is 11.4 Å². The fraction of sp³-hybridized carbons (Fsp3) is 0. The Balaban J connectivity index is 0.000000155. The molecule has 0 amide bonds. The summed E-state index contributed by atoms with van der Waals surface area (Å²) in [6.07, 6.45) is 8.46. The quantitative estimate of drug-likeness (QED) is 0.0887. The van der Waals surface area contributed by atoms with Gasteiger partial charge in [0.15, 0.2) is 11.8 Å². The number of aliphatic imine (C=N–C) groups is 2. The number of aromatic amines is 3. The van der Waals surface area contributed by atoms with Gasteiger partial charge in [0.25, 0.3) is 0 Å². The van der Waals surface area contributed by atoms with Gasteiger partial charge in [-0.15, -0.1) is 0 Å². The molecule has 7 N–H and O–H groups in total. The summed E-state index contributed by atoms with van der Waals surface area (Å²) in [4.78, 5) is 23.4. The molecule has 0 radical (unpaired) electrons. The third-order valence-electron chi connectivity index (χ3n) is 8.83. The van der Waals surface area contributed by atoms with Gasteiger partial charge in [0.2, 0.25) is 10.0 Å². The summed E-state index contributed by atoms with van der Waals surface area (Å²) >= 11 is 0. The Labute approximate surface area is 313 Å². The minimum atomic E-state index is -3.75. The molecule has 270 valence electrons. The molecular weight excluding hydrogens is 715 g/mol. The SMILES string of the molecule is NS(=O)(=O)c1ccc(N=Cc2c(O)[nH]c3ncc(-c4ccccc4)cc23)cc1.Oc1[nH]c2ncc(-c3ccccc3)cc2c1C=Nc1ccc2cn[nH]c2c1. The highest BCUT2D eigenvalue weighted by molar-refractivity contribution is 7.89. The van der Waals surface area contributed by atoms with Crippen molar-refractivity contribution >= 4 is 66.8 Å². The number of hydrogen-bond donors (Lipinski definition) is 6. The molecule has 4 aromatic carbocycles. The third kappa shape index (κ3) is 7.44. The zero-order chi connectivity index (χ0) is 37.9. The lowest BCUT2D eigenvalue weighted by Gasteiger charge is -2.01. The number of fused-ring (bicyclic) bond motifs is 3. The maximum absolute atomic E-state index is 11.3. The van der Waals surface area contributed by atoms with Crippen molar-refractivity contribution in [2.24, 2.45) is 15.1 Å². The topological polar surface area (TPSA) is 211 Å². The van der Waals surface area contributed by atoms with Crippen LogP contribution in [0.25, 0.3) is 55.2 Å². The molecule has 14 heteroatoms. The molecule has 0 spiro atoms. The van der Waals surface area contributed by atoms with E-state index in [-0.39, 0.29) is 16.7 Å². The molecule has 5 aromatic heterocycles. The number of aromatic hydroxyl groups is 2. The Morgan fingerprint density at radius 3 is 1.64 bits per heavy atom. The van der Waals surface area contributed by atoms with E-state index in [1.807, 2.05) is 91.0 Å². The van der Waals surface area contributed by atoms with E-state index < -0.39 is 10.0 Å². The lowest BCUT2D eigenvalue weighted by atomic mass is 10.1. The molecule has 0 saturated carbocycles. The maximum atomic E-state index is 11.3. The molecule has 0 unspecified atom stereocenters. The van der Waals surface area contributed by atoms with Crippen LogP contribution >= 0.6 is 0 Å². The second-order valence-electron chi connectivity index (χ2n) is 12.4. The molecule has 0 saturated heterocycles. The minimum absolute atomic E-state index is 0.0121. The number of aromatic nitrogens is 6. The molecule has 0 atom stereocenters. The Morgan fingerprint density at radius 1 is 0.600 bits per heavy atom. The number of H-pyrrole nitrogens is 3. The van der Waals surface area contributed by atoms with Gasteiger partial charge < -0.3 is 20.2 Å². The van der Waals surface area contributed by atoms with Crippen LogP contribution in [0.15, 0.2) is 149 Å². The van der Waals surface area contributed by atoms with Gasteiger partial charge in [-0.25, -0.2) is 23.5 Å². The first-order valence-corrected chi connectivity index (χ1v) is 18.4. The summed E-state index contributed by atoms with van der Waals surface area (Å²) in [6.45, 7) is 0. The maximum Gasteiger partial charge on any atom is 0.238 e. The fourth-order valence-corrected chi connectivity index (χ4v) is 6.51. The van der Waals surface area contributed by atoms with E-state index in [2.05, 4.69) is 40.1 Å². The van der Waals surface area contributed by atoms with E-state index in [4.69, 9.17) is 5.14 Å². The largest absolute Gasteiger partial charge is 0.494 e. The van der Waals surface area contributed by atoms with Crippen LogP contribution in [-0.4, -0.2) is 61.2 Å². The highest BCUT2D eigenvalue weighted by Gasteiger charge is 2.13. The predicted octanol–water partition coefficient (Wildman–Crippen LogP) is 7.90. The van der Waals surface area contributed by atoms with Crippen LogP contribution in [0.2, 0.25) is 0 Å². The summed E-state index contributed by atoms with van der Waals surface area (Å²) in [5.74, 6) is 0.00620. The van der Waals surface area contributed by atoms with Crippen LogP contribution in [0, 0.1) is 0 Å². The molecule has 9 rings (SSSR count). The van der Waals surface area contributed by atoms with Crippen molar-refractivity contribution in [2.45, 2.75) is 4.90 Å². The smallest absolute Gasteiger partial charge is 0.238 e. The second kappa shape index (κ2) is 14.5. The zero-order valence-corrected chi connectivity index (χ0v) is 29.6. The summed E-state index contributed by atoms with van der Waals surface area (Å²) in [6, 6.07) is 35.4. The van der Waals surface area contributed by atoms with Crippen LogP contribution in [0.1, 0.15) is 11.1 Å². The highest BCUT2D eigenvalue weighted by Crippen LogP contribution is 2.31. The van der Waals surface area contributed by atoms with Crippen molar-refractivity contribution in [3.05, 3.63) is 145 Å². The van der Waals surface area contributed by atoms with Crippen LogP contribution in [-0.2, 0) is 10.0 Å². The van der Waals surface area contributed by atoms with Crippen molar-refractivity contribution in [1.29, 1.82) is 0 Å². The summed E-state index contributed by atoms with van der Waals surface area (Å²) < 4.78 is 22.6. The summed E-state index contributed by atoms with van der Waals surface area (Å²) in [5, 5.41) is 35.2. The van der Waals surface area contributed by atoms with Crippen molar-refractivity contribution in [3.63, 3.8) is 0 Å². The van der Waals surface area contributed by atoms with Gasteiger partial charge >= 0.3 is 0 Å². The Morgan fingerprint density at radius 2 is 1.11 bits per heavy atom. The second-order valence-corrected chi connectivity index (χ2v) is 14.0. The molecule has 13 nitrogen and oxygen atoms in total. The van der Waals surface area contributed by atoms with Crippen LogP contribution < -0.4 is 5.14 Å². The van der Waals surface area contributed by atoms with Crippen LogP contribution in [0.5, 0.6) is 11.8 Å². The first-order chi connectivity index (χ1) is 26.7. The number of primary sulfonamides is 1. The number of nitrogens with one attached hydrogen (secondary N) is 3. The lowest BCUT2D eigenvalue weighted by molar-refractivity contribution is 0.457. The Hall–Kier alpha value is -7.42. The average molecular weight is 746 g/mol. The molecule has 9 aromatic rings. The van der Waals surface area contributed by atoms with E-state index in [0.717, 1.165) is 49.6 Å². The number of rotatable bonds is 7. The zero-order valence-electron chi connectivity index (χ0n) is 28.8. The van der Waals surface area contributed by atoms with Gasteiger partial charge in [-0.3, -0.25) is 15.1 Å². The first-order valence-electron chi connectivity index (χ1n) is 16.9. The molecule has 0 fully saturated rings. The van der Waals surface area contributed by atoms with Gasteiger partial charge in [0.1, 0.15) is 11.3 Å². The van der Waals surface area contributed by atoms with Crippen molar-refractivity contribution in [2.75, 3.05) is 0 Å². The fourth-order valence-electron chi connectivity index (χ4n) is 6.00. The van der Waals surface area contributed by atoms with Gasteiger partial charge in [0.05, 0.1) is 39.1 Å². The standard InChI is InChI=1S/C21H15N5O.C20H16N4O3S/c27-21-18(12-22-16-7-6-14-11-24-26-19(14)9-16)17-8-15(10-23-20(17)25-21)13-4-2-1-3-5-13;21-28(26,27)16-8-6-15(7-9-16)22-12-18-17-10-14(13-4-2-1-3-5-13)11-23-19(17)24-20(18)25/h1-12,27H,(H,23,25)(H,24,26);1-12,25H,(H,23,24)(H2,21,26,27). The summed E-state index contributed by atoms with van der Waals surface area (Å²) in [7, 11) is -3.75. The lowest BCUT2D eigenvalue weighted by Crippen LogP contribution is -2.11. The number of benzene rings is 4. The van der Waals surface area contributed by atoms with E-state index in [1.54, 1.807) is 24.8 Å². The number of sulfonamides is 1. The molecule has 0 aliphatic rings. The van der Waals surface area contributed by atoms with E-state index in [9.17, 15) is 18.6 Å². The van der Waals surface area contributed by atoms with E-state index in [0.29, 0.717) is 28.1 Å². The Kier molecular flexibility index (Phi) is 9.16. The van der Waals surface area contributed by atoms with Crippen molar-refractivity contribution in [1.82, 2.24) is 30.1 Å². The summed E-state index contributed by atoms with van der Waals surface area (Å²) in [5.41, 5.74) is 8.47. The van der Waals surface area contributed by atoms with Crippen LogP contribution in [0.3, 0.4) is 0 Å². The molecule has 0 aliphatic carbocycles. The van der Waals surface area contributed by atoms with E-state index >= 15 is 0 Å². The number of nitrogens with zero attached hydrogens (tertiary/aromatic N) is 5. The van der Waals surface area contributed by atoms with Crippen molar-refractivity contribution < 1.29 is 18.6 Å². The van der Waals surface area contributed by atoms with E-state index in [1.165, 1.54) is 30.5 Å². The van der Waals surface area contributed by atoms with Crippen molar-refractivity contribution in [3.8, 4) is 34.0 Å². The monoisotopic (exact) mass is 745 g/mol. The number of pyridine rings is 2. The minimum Gasteiger partial charge on any atom is -0.494 e. The van der Waals surface area contributed by atoms with Gasteiger partial charge in [-0.1, -0.05) is 60.7 Å². The molecular formula is C41H31N9O4S. The molecule has 5 heterocycles. The molecule has 55 heavy (non-hydrogen) atoms. The molecule has 0 aliphatic heterocycles. The average Bonchev–Trinajstić information content (AvgIpc) is 3.90. The van der Waals surface area contributed by atoms with Gasteiger partial charge in [-0.2, -0.15) is 5.10 Å². The normalized spacial score (nSPS) is 11.9. The van der Waals surface area contributed by atoms with Gasteiger partial charge in [-0.05, 0) is 65.7 Å². The number of hydrogen-bond acceptors (Lipinski definition) is 9. The highest BCUT2D eigenvalue weighted by atomic mass is 32.2. The third-order valence-corrected chi connectivity index (χ3v) is 9.76. The first kappa shape index (κ1) is 34.7. The number of nitrogens with two attached hydrogens (primary N) is 1. The Bertz CT molecular complexity index is 2970. The predicted molar refractivity (Wildman–Crippen MR) is 215 cm³/mol.